The first-order valence-corrected chi connectivity index (χ1v) is 5.12. The van der Waals surface area contributed by atoms with Gasteiger partial charge < -0.3 is 9.52 Å². The second-order valence-electron chi connectivity index (χ2n) is 3.77. The summed E-state index contributed by atoms with van der Waals surface area (Å²) in [5.74, 6) is 0.799. The van der Waals surface area contributed by atoms with E-state index in [9.17, 15) is 9.90 Å². The highest BCUT2D eigenvalue weighted by Gasteiger charge is 2.13. The predicted octanol–water partition coefficient (Wildman–Crippen LogP) is 2.00. The minimum Gasteiger partial charge on any atom is -0.507 e. The molecule has 0 fully saturated rings. The van der Waals surface area contributed by atoms with E-state index in [0.717, 1.165) is 31.2 Å². The van der Waals surface area contributed by atoms with E-state index in [1.807, 2.05) is 0 Å². The molecule has 3 heteroatoms. The lowest BCUT2D eigenvalue weighted by Crippen LogP contribution is -2.06. The van der Waals surface area contributed by atoms with E-state index in [1.54, 1.807) is 0 Å². The molecular formula is C11H14O3. The van der Waals surface area contributed by atoms with Crippen LogP contribution in [0.1, 0.15) is 37.0 Å². The summed E-state index contributed by atoms with van der Waals surface area (Å²) < 4.78 is 5.10. The molecule has 1 N–H and O–H groups in total. The zero-order valence-electron chi connectivity index (χ0n) is 8.08. The summed E-state index contributed by atoms with van der Waals surface area (Å²) in [7, 11) is 0. The molecule has 1 heterocycles. The number of hydrogen-bond donors (Lipinski definition) is 1. The lowest BCUT2D eigenvalue weighted by atomic mass is 9.98. The van der Waals surface area contributed by atoms with Crippen LogP contribution in [0.15, 0.2) is 15.3 Å². The molecule has 0 atom stereocenters. The topological polar surface area (TPSA) is 50.4 Å². The van der Waals surface area contributed by atoms with Gasteiger partial charge in [-0.1, -0.05) is 12.8 Å². The summed E-state index contributed by atoms with van der Waals surface area (Å²) in [6.07, 6.45) is 6.08. The molecule has 0 spiro atoms. The molecule has 0 saturated heterocycles. The van der Waals surface area contributed by atoms with Gasteiger partial charge in [-0.3, -0.25) is 0 Å². The van der Waals surface area contributed by atoms with E-state index in [-0.39, 0.29) is 5.75 Å². The Morgan fingerprint density at radius 2 is 1.86 bits per heavy atom. The zero-order chi connectivity index (χ0) is 9.97. The molecule has 0 amide bonds. The van der Waals surface area contributed by atoms with Crippen LogP contribution in [0, 0.1) is 0 Å². The minimum atomic E-state index is -0.443. The fourth-order valence-corrected chi connectivity index (χ4v) is 1.96. The number of aryl methyl sites for hydroxylation is 1. The van der Waals surface area contributed by atoms with Crippen molar-refractivity contribution in [2.45, 2.75) is 38.5 Å². The molecule has 1 aromatic rings. The fraction of sp³-hybridized carbons (Fsp3) is 0.545. The lowest BCUT2D eigenvalue weighted by molar-refractivity contribution is 0.398. The Bertz CT molecular complexity index is 379. The molecule has 1 aromatic heterocycles. The molecule has 0 bridgehead atoms. The normalized spacial score (nSPS) is 16.9. The maximum Gasteiger partial charge on any atom is 0.339 e. The van der Waals surface area contributed by atoms with Crippen LogP contribution in [-0.4, -0.2) is 5.11 Å². The fourth-order valence-electron chi connectivity index (χ4n) is 1.96. The summed E-state index contributed by atoms with van der Waals surface area (Å²) >= 11 is 0. The highest BCUT2D eigenvalue weighted by atomic mass is 16.4. The van der Waals surface area contributed by atoms with Gasteiger partial charge in [0.05, 0.1) is 6.07 Å². The van der Waals surface area contributed by atoms with Gasteiger partial charge in [-0.2, -0.15) is 0 Å². The van der Waals surface area contributed by atoms with Crippen molar-refractivity contribution in [3.8, 4) is 5.75 Å². The predicted molar refractivity (Wildman–Crippen MR) is 52.5 cm³/mol. The van der Waals surface area contributed by atoms with Gasteiger partial charge in [-0.15, -0.1) is 0 Å². The van der Waals surface area contributed by atoms with Crippen LogP contribution in [0.5, 0.6) is 5.75 Å². The zero-order valence-corrected chi connectivity index (χ0v) is 8.08. The van der Waals surface area contributed by atoms with Gasteiger partial charge in [0.1, 0.15) is 11.5 Å². The van der Waals surface area contributed by atoms with Gasteiger partial charge in [0.15, 0.2) is 0 Å². The Morgan fingerprint density at radius 1 is 1.14 bits per heavy atom. The van der Waals surface area contributed by atoms with Crippen molar-refractivity contribution in [1.29, 1.82) is 0 Å². The maximum atomic E-state index is 11.0. The van der Waals surface area contributed by atoms with Crippen LogP contribution >= 0.6 is 0 Å². The Labute approximate surface area is 82.4 Å². The monoisotopic (exact) mass is 194 g/mol. The second-order valence-corrected chi connectivity index (χ2v) is 3.77. The molecule has 2 rings (SSSR count). The molecule has 76 valence electrons. The van der Waals surface area contributed by atoms with Crippen LogP contribution in [-0.2, 0) is 12.8 Å². The number of aromatic hydroxyl groups is 1. The molecule has 1 aliphatic rings. The van der Waals surface area contributed by atoms with Gasteiger partial charge in [-0.05, 0) is 19.3 Å². The molecule has 0 unspecified atom stereocenters. The molecule has 0 saturated carbocycles. The van der Waals surface area contributed by atoms with Crippen LogP contribution in [0.4, 0.5) is 0 Å². The van der Waals surface area contributed by atoms with Gasteiger partial charge in [0.25, 0.3) is 0 Å². The third kappa shape index (κ3) is 1.81. The average molecular weight is 194 g/mol. The van der Waals surface area contributed by atoms with Crippen molar-refractivity contribution in [1.82, 2.24) is 0 Å². The Morgan fingerprint density at radius 3 is 2.64 bits per heavy atom. The molecule has 0 aromatic carbocycles. The number of fused-ring (bicyclic) bond motifs is 1. The van der Waals surface area contributed by atoms with Crippen molar-refractivity contribution >= 4 is 0 Å². The number of hydrogen-bond acceptors (Lipinski definition) is 3. The third-order valence-electron chi connectivity index (χ3n) is 2.70. The smallest absolute Gasteiger partial charge is 0.339 e. The summed E-state index contributed by atoms with van der Waals surface area (Å²) in [4.78, 5) is 11.0. The highest BCUT2D eigenvalue weighted by Crippen LogP contribution is 2.25. The maximum absolute atomic E-state index is 11.0. The lowest BCUT2D eigenvalue weighted by Gasteiger charge is -2.12. The van der Waals surface area contributed by atoms with E-state index in [2.05, 4.69) is 0 Å². The quantitative estimate of drug-likeness (QED) is 0.687. The van der Waals surface area contributed by atoms with E-state index in [1.165, 1.54) is 18.9 Å². The van der Waals surface area contributed by atoms with E-state index >= 15 is 0 Å². The summed E-state index contributed by atoms with van der Waals surface area (Å²) in [5, 5.41) is 9.59. The van der Waals surface area contributed by atoms with E-state index in [0.29, 0.717) is 5.76 Å². The molecule has 14 heavy (non-hydrogen) atoms. The summed E-state index contributed by atoms with van der Waals surface area (Å²) in [6, 6.07) is 1.17. The van der Waals surface area contributed by atoms with Crippen LogP contribution in [0.25, 0.3) is 0 Å². The van der Waals surface area contributed by atoms with Crippen molar-refractivity contribution in [2.24, 2.45) is 0 Å². The van der Waals surface area contributed by atoms with Crippen molar-refractivity contribution in [3.63, 3.8) is 0 Å². The first-order valence-electron chi connectivity index (χ1n) is 5.12. The van der Waals surface area contributed by atoms with Gasteiger partial charge in [-0.25, -0.2) is 4.79 Å². The van der Waals surface area contributed by atoms with Crippen LogP contribution in [0.3, 0.4) is 0 Å². The molecular weight excluding hydrogens is 180 g/mol. The average Bonchev–Trinajstić information content (AvgIpc) is 2.07. The molecule has 1 aliphatic carbocycles. The standard InChI is InChI=1S/C11H14O3/c12-9-7-11(13)14-10-6-4-2-1-3-5-8(9)10/h7,12H,1-6H2. The largest absolute Gasteiger partial charge is 0.507 e. The second kappa shape index (κ2) is 3.86. The molecule has 0 aliphatic heterocycles. The van der Waals surface area contributed by atoms with Crippen molar-refractivity contribution in [3.05, 3.63) is 27.8 Å². The van der Waals surface area contributed by atoms with Gasteiger partial charge in [0.2, 0.25) is 0 Å². The van der Waals surface area contributed by atoms with E-state index in [4.69, 9.17) is 4.42 Å². The van der Waals surface area contributed by atoms with Crippen LogP contribution in [0.2, 0.25) is 0 Å². The van der Waals surface area contributed by atoms with Gasteiger partial charge in [0, 0.05) is 12.0 Å². The molecule has 0 radical (unpaired) electrons. The molecule has 3 nitrogen and oxygen atoms in total. The van der Waals surface area contributed by atoms with Crippen LogP contribution < -0.4 is 5.63 Å². The van der Waals surface area contributed by atoms with Gasteiger partial charge >= 0.3 is 5.63 Å². The highest BCUT2D eigenvalue weighted by molar-refractivity contribution is 5.33. The first-order chi connectivity index (χ1) is 6.77. The minimum absolute atomic E-state index is 0.109. The SMILES string of the molecule is O=c1cc(O)c2c(o1)CCCCCC2. The Hall–Kier alpha value is -1.25. The Kier molecular flexibility index (Phi) is 2.57. The summed E-state index contributed by atoms with van der Waals surface area (Å²) in [5.41, 5.74) is 0.395. The third-order valence-corrected chi connectivity index (χ3v) is 2.70. The Balaban J connectivity index is 2.44. The van der Waals surface area contributed by atoms with Crippen molar-refractivity contribution < 1.29 is 9.52 Å². The first kappa shape index (κ1) is 9.31. The van der Waals surface area contributed by atoms with E-state index < -0.39 is 5.63 Å². The summed E-state index contributed by atoms with van der Waals surface area (Å²) in [6.45, 7) is 0. The van der Waals surface area contributed by atoms with Crippen molar-refractivity contribution in [2.75, 3.05) is 0 Å². The number of rotatable bonds is 0.